The Morgan fingerprint density at radius 3 is 2.60 bits per heavy atom. The molecule has 0 radical (unpaired) electrons. The maximum atomic E-state index is 6.23. The summed E-state index contributed by atoms with van der Waals surface area (Å²) in [4.78, 5) is 0. The lowest BCUT2D eigenvalue weighted by Crippen LogP contribution is -2.53. The van der Waals surface area contributed by atoms with Gasteiger partial charge in [-0.2, -0.15) is 0 Å². The molecule has 3 nitrogen and oxygen atoms in total. The maximum absolute atomic E-state index is 6.23. The van der Waals surface area contributed by atoms with E-state index in [1.807, 2.05) is 13.8 Å². The molecule has 1 unspecified atom stereocenters. The van der Waals surface area contributed by atoms with Gasteiger partial charge in [0.25, 0.3) is 0 Å². The van der Waals surface area contributed by atoms with Gasteiger partial charge in [0, 0.05) is 38.7 Å². The zero-order valence-corrected chi connectivity index (χ0v) is 9.92. The van der Waals surface area contributed by atoms with Crippen LogP contribution in [0, 0.1) is 0 Å². The summed E-state index contributed by atoms with van der Waals surface area (Å²) in [7, 11) is 0. The highest BCUT2D eigenvalue weighted by atomic mass is 16.5. The highest BCUT2D eigenvalue weighted by Crippen LogP contribution is 2.30. The third-order valence-electron chi connectivity index (χ3n) is 3.02. The molecule has 1 aliphatic heterocycles. The van der Waals surface area contributed by atoms with Gasteiger partial charge in [-0.1, -0.05) is 5.57 Å². The van der Waals surface area contributed by atoms with Gasteiger partial charge in [-0.3, -0.25) is 0 Å². The van der Waals surface area contributed by atoms with E-state index >= 15 is 0 Å². The summed E-state index contributed by atoms with van der Waals surface area (Å²) >= 11 is 0. The van der Waals surface area contributed by atoms with Gasteiger partial charge in [0.2, 0.25) is 0 Å². The quantitative estimate of drug-likeness (QED) is 0.709. The van der Waals surface area contributed by atoms with Gasteiger partial charge in [0.15, 0.2) is 0 Å². The number of hydrogen-bond donors (Lipinski definition) is 1. The number of rotatable bonds is 5. The van der Waals surface area contributed by atoms with Crippen molar-refractivity contribution >= 4 is 0 Å². The molecule has 1 rings (SSSR count). The van der Waals surface area contributed by atoms with Gasteiger partial charge in [-0.15, -0.1) is 6.58 Å². The predicted molar refractivity (Wildman–Crippen MR) is 61.8 cm³/mol. The molecule has 1 atom stereocenters. The van der Waals surface area contributed by atoms with Crippen molar-refractivity contribution in [1.29, 1.82) is 0 Å². The molecule has 0 aliphatic carbocycles. The lowest BCUT2D eigenvalue weighted by molar-refractivity contribution is -0.120. The molecule has 1 saturated heterocycles. The fourth-order valence-corrected chi connectivity index (χ4v) is 2.19. The summed E-state index contributed by atoms with van der Waals surface area (Å²) in [6.07, 6.45) is 2.63. The van der Waals surface area contributed by atoms with Crippen LogP contribution in [0.1, 0.15) is 33.1 Å². The smallest absolute Gasteiger partial charge is 0.0879 e. The summed E-state index contributed by atoms with van der Waals surface area (Å²) < 4.78 is 11.3. The van der Waals surface area contributed by atoms with Crippen molar-refractivity contribution in [3.63, 3.8) is 0 Å². The van der Waals surface area contributed by atoms with E-state index in [4.69, 9.17) is 15.2 Å². The Morgan fingerprint density at radius 1 is 1.53 bits per heavy atom. The Bertz CT molecular complexity index is 204. The molecule has 3 heteroatoms. The third-order valence-corrected chi connectivity index (χ3v) is 3.02. The lowest BCUT2D eigenvalue weighted by atomic mass is 9.83. The van der Waals surface area contributed by atoms with Gasteiger partial charge in [0.1, 0.15) is 0 Å². The van der Waals surface area contributed by atoms with Crippen molar-refractivity contribution in [2.75, 3.05) is 19.8 Å². The monoisotopic (exact) mass is 213 g/mol. The number of nitrogens with two attached hydrogens (primary N) is 1. The Kier molecular flexibility index (Phi) is 4.77. The molecule has 15 heavy (non-hydrogen) atoms. The van der Waals surface area contributed by atoms with Gasteiger partial charge in [-0.25, -0.2) is 0 Å². The van der Waals surface area contributed by atoms with Gasteiger partial charge in [0.05, 0.1) is 5.60 Å². The first-order chi connectivity index (χ1) is 7.10. The molecule has 2 N–H and O–H groups in total. The molecular formula is C12H23NO2. The molecule has 0 aromatic carbocycles. The SMILES string of the molecule is C=C(C)CC(N)C1(OCC)CCOCC1. The molecule has 0 spiro atoms. The van der Waals surface area contributed by atoms with E-state index in [1.165, 1.54) is 0 Å². The standard InChI is InChI=1S/C12H23NO2/c1-4-15-12(5-7-14-8-6-12)11(13)9-10(2)3/h11H,2,4-9,13H2,1,3H3. The van der Waals surface area contributed by atoms with Crippen molar-refractivity contribution in [2.45, 2.75) is 44.8 Å². The van der Waals surface area contributed by atoms with E-state index in [-0.39, 0.29) is 11.6 Å². The van der Waals surface area contributed by atoms with Crippen LogP contribution < -0.4 is 5.73 Å². The van der Waals surface area contributed by atoms with Crippen LogP contribution in [0.25, 0.3) is 0 Å². The fourth-order valence-electron chi connectivity index (χ4n) is 2.19. The zero-order valence-electron chi connectivity index (χ0n) is 9.92. The average Bonchev–Trinajstić information content (AvgIpc) is 2.18. The van der Waals surface area contributed by atoms with Crippen molar-refractivity contribution in [2.24, 2.45) is 5.73 Å². The highest BCUT2D eigenvalue weighted by molar-refractivity contribution is 5.01. The molecule has 1 heterocycles. The molecule has 1 fully saturated rings. The molecular weight excluding hydrogens is 190 g/mol. The summed E-state index contributed by atoms with van der Waals surface area (Å²) in [5, 5.41) is 0. The van der Waals surface area contributed by atoms with Crippen molar-refractivity contribution in [3.05, 3.63) is 12.2 Å². The van der Waals surface area contributed by atoms with Crippen LogP contribution in [0.5, 0.6) is 0 Å². The third kappa shape index (κ3) is 3.30. The lowest BCUT2D eigenvalue weighted by Gasteiger charge is -2.41. The first-order valence-electron chi connectivity index (χ1n) is 5.72. The molecule has 0 bridgehead atoms. The van der Waals surface area contributed by atoms with Crippen LogP contribution in [-0.4, -0.2) is 31.5 Å². The van der Waals surface area contributed by atoms with E-state index in [9.17, 15) is 0 Å². The Labute approximate surface area is 92.6 Å². The molecule has 0 saturated carbocycles. The second kappa shape index (κ2) is 5.64. The minimum Gasteiger partial charge on any atom is -0.381 e. The maximum Gasteiger partial charge on any atom is 0.0879 e. The largest absolute Gasteiger partial charge is 0.381 e. The van der Waals surface area contributed by atoms with Crippen LogP contribution >= 0.6 is 0 Å². The second-order valence-corrected chi connectivity index (χ2v) is 4.38. The molecule has 0 aromatic heterocycles. The first-order valence-corrected chi connectivity index (χ1v) is 5.72. The summed E-state index contributed by atoms with van der Waals surface area (Å²) in [5.74, 6) is 0. The van der Waals surface area contributed by atoms with Crippen molar-refractivity contribution < 1.29 is 9.47 Å². The van der Waals surface area contributed by atoms with Crippen LogP contribution in [0.4, 0.5) is 0 Å². The molecule has 0 aromatic rings. The zero-order chi connectivity index (χ0) is 11.3. The molecule has 0 amide bonds. The van der Waals surface area contributed by atoms with Crippen molar-refractivity contribution in [3.8, 4) is 0 Å². The highest BCUT2D eigenvalue weighted by Gasteiger charge is 2.38. The van der Waals surface area contributed by atoms with E-state index in [1.54, 1.807) is 0 Å². The van der Waals surface area contributed by atoms with E-state index < -0.39 is 0 Å². The van der Waals surface area contributed by atoms with Crippen LogP contribution in [0.3, 0.4) is 0 Å². The van der Waals surface area contributed by atoms with Crippen LogP contribution in [0.15, 0.2) is 12.2 Å². The molecule has 1 aliphatic rings. The minimum absolute atomic E-state index is 0.0406. The van der Waals surface area contributed by atoms with E-state index in [0.29, 0.717) is 6.61 Å². The van der Waals surface area contributed by atoms with Crippen LogP contribution in [0.2, 0.25) is 0 Å². The van der Waals surface area contributed by atoms with Gasteiger partial charge >= 0.3 is 0 Å². The summed E-state index contributed by atoms with van der Waals surface area (Å²) in [5.41, 5.74) is 7.16. The Morgan fingerprint density at radius 2 is 2.13 bits per heavy atom. The second-order valence-electron chi connectivity index (χ2n) is 4.38. The van der Waals surface area contributed by atoms with E-state index in [2.05, 4.69) is 6.58 Å². The fraction of sp³-hybridized carbons (Fsp3) is 0.833. The first kappa shape index (κ1) is 12.7. The van der Waals surface area contributed by atoms with Crippen molar-refractivity contribution in [1.82, 2.24) is 0 Å². The Hall–Kier alpha value is -0.380. The number of ether oxygens (including phenoxy) is 2. The predicted octanol–water partition coefficient (Wildman–Crippen LogP) is 1.87. The normalized spacial score (nSPS) is 22.3. The summed E-state index contributed by atoms with van der Waals surface area (Å²) in [6, 6.07) is 0.0406. The Balaban J connectivity index is 2.65. The molecule has 88 valence electrons. The number of hydrogen-bond acceptors (Lipinski definition) is 3. The van der Waals surface area contributed by atoms with E-state index in [0.717, 1.165) is 38.0 Å². The minimum atomic E-state index is -0.189. The average molecular weight is 213 g/mol. The van der Waals surface area contributed by atoms with Gasteiger partial charge in [-0.05, 0) is 20.3 Å². The van der Waals surface area contributed by atoms with Gasteiger partial charge < -0.3 is 15.2 Å². The van der Waals surface area contributed by atoms with Crippen LogP contribution in [-0.2, 0) is 9.47 Å². The summed E-state index contributed by atoms with van der Waals surface area (Å²) in [6.45, 7) is 10.2. The topological polar surface area (TPSA) is 44.5 Å².